The van der Waals surface area contributed by atoms with E-state index in [4.69, 9.17) is 0 Å². The Hall–Kier alpha value is 0.120. The van der Waals surface area contributed by atoms with Gasteiger partial charge in [0.1, 0.15) is 0 Å². The van der Waals surface area contributed by atoms with E-state index in [1.165, 1.54) is 0 Å². The van der Waals surface area contributed by atoms with Crippen molar-refractivity contribution in [2.45, 2.75) is 25.3 Å². The van der Waals surface area contributed by atoms with Gasteiger partial charge in [0.15, 0.2) is 0 Å². The summed E-state index contributed by atoms with van der Waals surface area (Å²) in [6, 6.07) is 0.445. The van der Waals surface area contributed by atoms with Crippen LogP contribution in [0.3, 0.4) is 0 Å². The average molecular weight is 310 g/mol. The molecule has 1 aliphatic carbocycles. The Kier molecular flexibility index (Phi) is 5.11. The van der Waals surface area contributed by atoms with E-state index in [9.17, 15) is 8.42 Å². The highest BCUT2D eigenvalue weighted by atomic mass is 35.5. The molecule has 3 fully saturated rings. The maximum Gasteiger partial charge on any atom is 0.214 e. The van der Waals surface area contributed by atoms with Crippen molar-refractivity contribution in [2.75, 3.05) is 45.0 Å². The molecule has 0 radical (unpaired) electrons. The summed E-state index contributed by atoms with van der Waals surface area (Å²) in [5.41, 5.74) is 0. The van der Waals surface area contributed by atoms with E-state index in [0.29, 0.717) is 17.7 Å². The summed E-state index contributed by atoms with van der Waals surface area (Å²) in [5, 5.41) is 3.34. The van der Waals surface area contributed by atoms with E-state index in [1.54, 1.807) is 4.31 Å². The first-order valence-corrected chi connectivity index (χ1v) is 8.69. The van der Waals surface area contributed by atoms with Crippen LogP contribution in [0.1, 0.15) is 19.3 Å². The summed E-state index contributed by atoms with van der Waals surface area (Å²) in [6.45, 7) is 5.62. The van der Waals surface area contributed by atoms with E-state index in [1.807, 2.05) is 0 Å². The van der Waals surface area contributed by atoms with Crippen molar-refractivity contribution in [1.29, 1.82) is 0 Å². The van der Waals surface area contributed by atoms with Crippen LogP contribution < -0.4 is 5.32 Å². The molecule has 0 bridgehead atoms. The SMILES string of the molecule is Cl.O=S(=O)(CC1CC1)N1CCC(N2CCNCC2)C1. The van der Waals surface area contributed by atoms with Gasteiger partial charge in [0.05, 0.1) is 5.75 Å². The Morgan fingerprint density at radius 2 is 1.74 bits per heavy atom. The molecule has 0 aromatic carbocycles. The number of halogens is 1. The number of sulfonamides is 1. The van der Waals surface area contributed by atoms with Gasteiger partial charge in [0.25, 0.3) is 0 Å². The molecule has 2 saturated heterocycles. The number of hydrogen-bond acceptors (Lipinski definition) is 4. The van der Waals surface area contributed by atoms with E-state index in [2.05, 4.69) is 10.2 Å². The highest BCUT2D eigenvalue weighted by Crippen LogP contribution is 2.32. The molecule has 5 nitrogen and oxygen atoms in total. The first-order valence-electron chi connectivity index (χ1n) is 7.08. The van der Waals surface area contributed by atoms with Crippen LogP contribution >= 0.6 is 12.4 Å². The van der Waals surface area contributed by atoms with Gasteiger partial charge < -0.3 is 5.32 Å². The zero-order valence-corrected chi connectivity index (χ0v) is 12.9. The minimum atomic E-state index is -2.98. The number of rotatable bonds is 4. The quantitative estimate of drug-likeness (QED) is 0.802. The van der Waals surface area contributed by atoms with E-state index < -0.39 is 10.0 Å². The lowest BCUT2D eigenvalue weighted by Crippen LogP contribution is -2.49. The van der Waals surface area contributed by atoms with Gasteiger partial charge in [-0.2, -0.15) is 0 Å². The van der Waals surface area contributed by atoms with Crippen LogP contribution in [0.25, 0.3) is 0 Å². The fourth-order valence-corrected chi connectivity index (χ4v) is 4.92. The van der Waals surface area contributed by atoms with Crippen molar-refractivity contribution in [1.82, 2.24) is 14.5 Å². The molecule has 0 spiro atoms. The predicted octanol–water partition coefficient (Wildman–Crippen LogP) is 0.128. The number of piperazine rings is 1. The number of nitrogens with zero attached hydrogens (tertiary/aromatic N) is 2. The molecule has 19 heavy (non-hydrogen) atoms. The fraction of sp³-hybridized carbons (Fsp3) is 1.00. The molecule has 0 aromatic heterocycles. The van der Waals surface area contributed by atoms with Gasteiger partial charge in [-0.05, 0) is 25.2 Å². The van der Waals surface area contributed by atoms with Crippen LogP contribution in [-0.2, 0) is 10.0 Å². The molecular weight excluding hydrogens is 286 g/mol. The monoisotopic (exact) mass is 309 g/mol. The van der Waals surface area contributed by atoms with Gasteiger partial charge in [-0.3, -0.25) is 4.90 Å². The maximum absolute atomic E-state index is 12.2. The molecule has 1 N–H and O–H groups in total. The topological polar surface area (TPSA) is 52.7 Å². The van der Waals surface area contributed by atoms with Crippen molar-refractivity contribution >= 4 is 22.4 Å². The number of hydrogen-bond donors (Lipinski definition) is 1. The maximum atomic E-state index is 12.2. The van der Waals surface area contributed by atoms with Crippen LogP contribution in [0.2, 0.25) is 0 Å². The van der Waals surface area contributed by atoms with Gasteiger partial charge in [-0.15, -0.1) is 12.4 Å². The normalized spacial score (nSPS) is 30.2. The molecule has 2 heterocycles. The molecule has 1 saturated carbocycles. The van der Waals surface area contributed by atoms with Crippen LogP contribution in [0.4, 0.5) is 0 Å². The zero-order valence-electron chi connectivity index (χ0n) is 11.3. The second-order valence-corrected chi connectivity index (χ2v) is 7.82. The lowest BCUT2D eigenvalue weighted by Gasteiger charge is -2.32. The first-order chi connectivity index (χ1) is 8.65. The summed E-state index contributed by atoms with van der Waals surface area (Å²) < 4.78 is 26.1. The van der Waals surface area contributed by atoms with Crippen molar-refractivity contribution in [3.05, 3.63) is 0 Å². The Morgan fingerprint density at radius 3 is 2.37 bits per heavy atom. The molecule has 112 valence electrons. The van der Waals surface area contributed by atoms with E-state index in [-0.39, 0.29) is 12.4 Å². The van der Waals surface area contributed by atoms with E-state index in [0.717, 1.165) is 58.5 Å². The molecule has 3 aliphatic rings. The summed E-state index contributed by atoms with van der Waals surface area (Å²) in [6.07, 6.45) is 3.21. The Labute approximate surface area is 122 Å². The molecule has 0 amide bonds. The molecule has 3 rings (SSSR count). The van der Waals surface area contributed by atoms with Gasteiger partial charge in [-0.25, -0.2) is 12.7 Å². The predicted molar refractivity (Wildman–Crippen MR) is 78.2 cm³/mol. The Morgan fingerprint density at radius 1 is 1.05 bits per heavy atom. The minimum absolute atomic E-state index is 0. The standard InChI is InChI=1S/C12H23N3O2S.ClH/c16-18(17,10-11-1-2-11)15-6-3-12(9-15)14-7-4-13-5-8-14;/h11-13H,1-10H2;1H. The average Bonchev–Trinajstić information content (AvgIpc) is 3.01. The van der Waals surface area contributed by atoms with Crippen LogP contribution in [0.5, 0.6) is 0 Å². The second-order valence-electron chi connectivity index (χ2n) is 5.81. The lowest BCUT2D eigenvalue weighted by molar-refractivity contribution is 0.179. The summed E-state index contributed by atoms with van der Waals surface area (Å²) in [5.74, 6) is 0.842. The van der Waals surface area contributed by atoms with Crippen LogP contribution in [-0.4, -0.2) is 68.7 Å². The highest BCUT2D eigenvalue weighted by molar-refractivity contribution is 7.89. The largest absolute Gasteiger partial charge is 0.314 e. The van der Waals surface area contributed by atoms with Gasteiger partial charge in [0, 0.05) is 45.3 Å². The zero-order chi connectivity index (χ0) is 12.6. The lowest BCUT2D eigenvalue weighted by atomic mass is 10.2. The van der Waals surface area contributed by atoms with Crippen LogP contribution in [0.15, 0.2) is 0 Å². The van der Waals surface area contributed by atoms with Gasteiger partial charge in [0.2, 0.25) is 10.0 Å². The van der Waals surface area contributed by atoms with Crippen molar-refractivity contribution in [3.8, 4) is 0 Å². The van der Waals surface area contributed by atoms with E-state index >= 15 is 0 Å². The highest BCUT2D eigenvalue weighted by Gasteiger charge is 2.37. The Bertz CT molecular complexity index is 394. The third kappa shape index (κ3) is 3.82. The third-order valence-corrected chi connectivity index (χ3v) is 6.34. The molecule has 0 aromatic rings. The smallest absolute Gasteiger partial charge is 0.214 e. The number of nitrogens with one attached hydrogen (secondary N) is 1. The van der Waals surface area contributed by atoms with Crippen molar-refractivity contribution in [3.63, 3.8) is 0 Å². The molecule has 2 aliphatic heterocycles. The first kappa shape index (κ1) is 15.5. The summed E-state index contributed by atoms with van der Waals surface area (Å²) in [7, 11) is -2.98. The van der Waals surface area contributed by atoms with Gasteiger partial charge in [-0.1, -0.05) is 0 Å². The minimum Gasteiger partial charge on any atom is -0.314 e. The van der Waals surface area contributed by atoms with Crippen LogP contribution in [0, 0.1) is 5.92 Å². The fourth-order valence-electron chi connectivity index (χ4n) is 3.00. The molecule has 7 heteroatoms. The third-order valence-electron chi connectivity index (χ3n) is 4.33. The molecule has 1 unspecified atom stereocenters. The second kappa shape index (κ2) is 6.26. The summed E-state index contributed by atoms with van der Waals surface area (Å²) >= 11 is 0. The molecular formula is C12H24ClN3O2S. The Balaban J connectivity index is 0.00000133. The summed E-state index contributed by atoms with van der Waals surface area (Å²) in [4.78, 5) is 2.45. The van der Waals surface area contributed by atoms with Crippen molar-refractivity contribution in [2.24, 2.45) is 5.92 Å². The molecule has 1 atom stereocenters. The van der Waals surface area contributed by atoms with Gasteiger partial charge >= 0.3 is 0 Å². The van der Waals surface area contributed by atoms with Crippen molar-refractivity contribution < 1.29 is 8.42 Å².